The molecule has 140 valence electrons. The van der Waals surface area contributed by atoms with Crippen LogP contribution in [-0.2, 0) is 14.8 Å². The Bertz CT molecular complexity index is 936. The minimum absolute atomic E-state index is 0. The molecule has 0 bridgehead atoms. The van der Waals surface area contributed by atoms with Crippen LogP contribution in [0.15, 0.2) is 47.4 Å². The van der Waals surface area contributed by atoms with Crippen LogP contribution in [0.1, 0.15) is 12.8 Å². The molecule has 2 fully saturated rings. The molecule has 1 aliphatic carbocycles. The number of amides is 1. The Morgan fingerprint density at radius 3 is 2.19 bits per heavy atom. The molecule has 0 atom stereocenters. The van der Waals surface area contributed by atoms with Gasteiger partial charge in [-0.25, -0.2) is 8.42 Å². The van der Waals surface area contributed by atoms with Gasteiger partial charge in [0.15, 0.2) is 0 Å². The molecule has 1 aliphatic heterocycles. The highest BCUT2D eigenvalue weighted by Crippen LogP contribution is 2.34. The molecule has 8 heteroatoms. The van der Waals surface area contributed by atoms with Gasteiger partial charge >= 0.3 is 0 Å². The first-order valence-corrected chi connectivity index (χ1v) is 9.91. The van der Waals surface area contributed by atoms with Crippen LogP contribution in [0.25, 0.3) is 10.8 Å². The molecular weight excluding hydrogens is 374 g/mol. The summed E-state index contributed by atoms with van der Waals surface area (Å²) >= 11 is 0. The van der Waals surface area contributed by atoms with Crippen molar-refractivity contribution in [1.29, 1.82) is 0 Å². The van der Waals surface area contributed by atoms with Crippen molar-refractivity contribution in [2.45, 2.75) is 23.3 Å². The zero-order valence-corrected chi connectivity index (χ0v) is 15.9. The first-order chi connectivity index (χ1) is 11.9. The zero-order chi connectivity index (χ0) is 17.7. The first kappa shape index (κ1) is 19.1. The molecule has 1 saturated carbocycles. The quantitative estimate of drug-likeness (QED) is 0.855. The van der Waals surface area contributed by atoms with Gasteiger partial charge in [-0.3, -0.25) is 4.79 Å². The number of halogens is 1. The third-order valence-corrected chi connectivity index (χ3v) is 6.99. The van der Waals surface area contributed by atoms with Crippen LogP contribution < -0.4 is 5.73 Å². The zero-order valence-electron chi connectivity index (χ0n) is 14.3. The molecule has 2 aromatic rings. The van der Waals surface area contributed by atoms with Crippen molar-refractivity contribution in [2.24, 2.45) is 5.73 Å². The first-order valence-electron chi connectivity index (χ1n) is 8.47. The number of piperazine rings is 1. The van der Waals surface area contributed by atoms with Crippen LogP contribution in [0.5, 0.6) is 0 Å². The second-order valence-corrected chi connectivity index (χ2v) is 8.80. The number of rotatable bonds is 3. The van der Waals surface area contributed by atoms with Gasteiger partial charge in [0.2, 0.25) is 15.9 Å². The number of sulfonamides is 1. The lowest BCUT2D eigenvalue weighted by molar-refractivity contribution is -0.134. The third-order valence-electron chi connectivity index (χ3n) is 5.10. The molecule has 1 amide bonds. The van der Waals surface area contributed by atoms with Crippen LogP contribution >= 0.6 is 12.4 Å². The maximum atomic E-state index is 12.9. The van der Waals surface area contributed by atoms with E-state index in [0.717, 1.165) is 23.6 Å². The largest absolute Gasteiger partial charge is 0.338 e. The van der Waals surface area contributed by atoms with Gasteiger partial charge < -0.3 is 10.6 Å². The van der Waals surface area contributed by atoms with Crippen molar-refractivity contribution < 1.29 is 13.2 Å². The monoisotopic (exact) mass is 395 g/mol. The van der Waals surface area contributed by atoms with E-state index in [1.54, 1.807) is 17.0 Å². The van der Waals surface area contributed by atoms with E-state index < -0.39 is 15.6 Å². The molecule has 2 aliphatic rings. The van der Waals surface area contributed by atoms with E-state index in [0.29, 0.717) is 31.1 Å². The van der Waals surface area contributed by atoms with Gasteiger partial charge in [-0.05, 0) is 35.7 Å². The number of nitrogens with two attached hydrogens (primary N) is 1. The van der Waals surface area contributed by atoms with Crippen molar-refractivity contribution in [3.63, 3.8) is 0 Å². The molecule has 1 heterocycles. The number of carbonyl (C=O) groups excluding carboxylic acids is 1. The summed E-state index contributed by atoms with van der Waals surface area (Å²) in [5.41, 5.74) is 5.27. The average Bonchev–Trinajstić information content (AvgIpc) is 3.39. The van der Waals surface area contributed by atoms with Crippen LogP contribution in [0.4, 0.5) is 0 Å². The number of carbonyl (C=O) groups is 1. The fraction of sp³-hybridized carbons (Fsp3) is 0.389. The summed E-state index contributed by atoms with van der Waals surface area (Å²) in [5.74, 6) is -0.0461. The summed E-state index contributed by atoms with van der Waals surface area (Å²) in [7, 11) is -3.56. The molecule has 0 unspecified atom stereocenters. The maximum absolute atomic E-state index is 12.9. The van der Waals surface area contributed by atoms with Gasteiger partial charge in [0.1, 0.15) is 0 Å². The van der Waals surface area contributed by atoms with E-state index in [1.807, 2.05) is 30.3 Å². The van der Waals surface area contributed by atoms with Crippen LogP contribution in [-0.4, -0.2) is 55.2 Å². The van der Waals surface area contributed by atoms with E-state index in [2.05, 4.69) is 0 Å². The molecule has 26 heavy (non-hydrogen) atoms. The summed E-state index contributed by atoms with van der Waals surface area (Å²) in [6, 6.07) is 12.9. The van der Waals surface area contributed by atoms with Crippen molar-refractivity contribution in [1.82, 2.24) is 9.21 Å². The lowest BCUT2D eigenvalue weighted by Crippen LogP contribution is -2.55. The molecular formula is C18H22ClN3O3S. The van der Waals surface area contributed by atoms with E-state index in [-0.39, 0.29) is 18.3 Å². The Morgan fingerprint density at radius 1 is 0.962 bits per heavy atom. The van der Waals surface area contributed by atoms with E-state index in [4.69, 9.17) is 5.73 Å². The Kier molecular flexibility index (Phi) is 5.00. The van der Waals surface area contributed by atoms with E-state index in [9.17, 15) is 13.2 Å². The van der Waals surface area contributed by atoms with Crippen molar-refractivity contribution in [3.05, 3.63) is 42.5 Å². The second-order valence-electron chi connectivity index (χ2n) is 6.86. The molecule has 2 aromatic carbocycles. The normalized spacial score (nSPS) is 19.8. The highest BCUT2D eigenvalue weighted by Gasteiger charge is 2.48. The van der Waals surface area contributed by atoms with Crippen LogP contribution in [0.3, 0.4) is 0 Å². The molecule has 2 N–H and O–H groups in total. The summed E-state index contributed by atoms with van der Waals surface area (Å²) in [6.45, 7) is 1.39. The Balaban J connectivity index is 0.00000196. The van der Waals surface area contributed by atoms with Gasteiger partial charge in [-0.1, -0.05) is 30.3 Å². The van der Waals surface area contributed by atoms with Crippen LogP contribution in [0.2, 0.25) is 0 Å². The van der Waals surface area contributed by atoms with Gasteiger partial charge in [0.25, 0.3) is 0 Å². The van der Waals surface area contributed by atoms with Gasteiger partial charge in [-0.2, -0.15) is 4.31 Å². The second kappa shape index (κ2) is 6.81. The van der Waals surface area contributed by atoms with Crippen molar-refractivity contribution in [3.8, 4) is 0 Å². The number of benzene rings is 2. The number of hydrogen-bond acceptors (Lipinski definition) is 4. The van der Waals surface area contributed by atoms with Crippen molar-refractivity contribution in [2.75, 3.05) is 26.2 Å². The smallest absolute Gasteiger partial charge is 0.243 e. The molecule has 0 radical (unpaired) electrons. The molecule has 0 spiro atoms. The van der Waals surface area contributed by atoms with Gasteiger partial charge in [0.05, 0.1) is 10.4 Å². The number of fused-ring (bicyclic) bond motifs is 1. The fourth-order valence-corrected chi connectivity index (χ4v) is 4.73. The van der Waals surface area contributed by atoms with Gasteiger partial charge in [0, 0.05) is 26.2 Å². The lowest BCUT2D eigenvalue weighted by Gasteiger charge is -2.35. The number of nitrogens with zero attached hydrogens (tertiary/aromatic N) is 2. The predicted molar refractivity (Wildman–Crippen MR) is 103 cm³/mol. The van der Waals surface area contributed by atoms with E-state index >= 15 is 0 Å². The van der Waals surface area contributed by atoms with E-state index in [1.165, 1.54) is 4.31 Å². The summed E-state index contributed by atoms with van der Waals surface area (Å²) in [6.07, 6.45) is 1.45. The molecule has 6 nitrogen and oxygen atoms in total. The molecule has 4 rings (SSSR count). The van der Waals surface area contributed by atoms with Crippen molar-refractivity contribution >= 4 is 39.1 Å². The Morgan fingerprint density at radius 2 is 1.58 bits per heavy atom. The average molecular weight is 396 g/mol. The fourth-order valence-electron chi connectivity index (χ4n) is 3.27. The lowest BCUT2D eigenvalue weighted by atomic mass is 10.1. The SMILES string of the molecule is Cl.NC1(C(=O)N2CCN(S(=O)(=O)c3ccc4ccccc4c3)CC2)CC1. The number of hydrogen-bond donors (Lipinski definition) is 1. The Hall–Kier alpha value is -1.67. The maximum Gasteiger partial charge on any atom is 0.243 e. The summed E-state index contributed by atoms with van der Waals surface area (Å²) in [4.78, 5) is 14.3. The molecule has 0 aromatic heterocycles. The summed E-state index contributed by atoms with van der Waals surface area (Å²) < 4.78 is 27.3. The third kappa shape index (κ3) is 3.32. The minimum atomic E-state index is -3.56. The molecule has 1 saturated heterocycles. The van der Waals surface area contributed by atoms with Gasteiger partial charge in [-0.15, -0.1) is 12.4 Å². The predicted octanol–water partition coefficient (Wildman–Crippen LogP) is 1.59. The standard InChI is InChI=1S/C18H21N3O3S.ClH/c19-18(7-8-18)17(22)20-9-11-21(12-10-20)25(23,24)16-6-5-14-3-1-2-4-15(14)13-16;/h1-6,13H,7-12,19H2;1H. The topological polar surface area (TPSA) is 83.7 Å². The highest BCUT2D eigenvalue weighted by atomic mass is 35.5. The Labute approximate surface area is 159 Å². The van der Waals surface area contributed by atoms with Crippen LogP contribution in [0, 0.1) is 0 Å². The highest BCUT2D eigenvalue weighted by molar-refractivity contribution is 7.89. The summed E-state index contributed by atoms with van der Waals surface area (Å²) in [5, 5.41) is 1.91. The minimum Gasteiger partial charge on any atom is -0.338 e.